The summed E-state index contributed by atoms with van der Waals surface area (Å²) in [6, 6.07) is 18.3. The molecule has 82 valence electrons. The lowest BCUT2D eigenvalue weighted by Crippen LogP contribution is -2.01. The molecule has 0 heterocycles. The molecule has 2 aromatic rings. The van der Waals surface area contributed by atoms with Gasteiger partial charge in [-0.2, -0.15) is 0 Å². The van der Waals surface area contributed by atoms with Gasteiger partial charge in [0.05, 0.1) is 11.1 Å². The fourth-order valence-electron chi connectivity index (χ4n) is 1.49. The van der Waals surface area contributed by atoms with Gasteiger partial charge in [0.15, 0.2) is 0 Å². The van der Waals surface area contributed by atoms with Crippen LogP contribution < -0.4 is 4.74 Å². The molecule has 2 rings (SSSR count). The maximum absolute atomic E-state index is 5.69. The minimum Gasteiger partial charge on any atom is -0.492 e. The highest BCUT2D eigenvalue weighted by Gasteiger charge is 1.98. The van der Waals surface area contributed by atoms with Crippen molar-refractivity contribution in [3.8, 4) is 5.75 Å². The van der Waals surface area contributed by atoms with Gasteiger partial charge in [0.1, 0.15) is 5.75 Å². The van der Waals surface area contributed by atoms with E-state index in [1.54, 1.807) is 0 Å². The van der Waals surface area contributed by atoms with Crippen LogP contribution >= 0.6 is 15.9 Å². The molecule has 0 radical (unpaired) electrons. The molecule has 0 bridgehead atoms. The predicted molar refractivity (Wildman–Crippen MR) is 69.8 cm³/mol. The fourth-order valence-corrected chi connectivity index (χ4v) is 1.88. The van der Waals surface area contributed by atoms with Gasteiger partial charge in [-0.1, -0.05) is 42.5 Å². The van der Waals surface area contributed by atoms with Gasteiger partial charge in [0, 0.05) is 6.42 Å². The van der Waals surface area contributed by atoms with Gasteiger partial charge in [-0.3, -0.25) is 0 Å². The van der Waals surface area contributed by atoms with Crippen molar-refractivity contribution >= 4 is 15.9 Å². The molecule has 0 aliphatic rings. The van der Waals surface area contributed by atoms with Gasteiger partial charge in [0.25, 0.3) is 0 Å². The molecule has 0 unspecified atom stereocenters. The molecule has 0 spiro atoms. The van der Waals surface area contributed by atoms with E-state index in [1.165, 1.54) is 5.56 Å². The summed E-state index contributed by atoms with van der Waals surface area (Å²) in [6.45, 7) is 0.701. The fraction of sp³-hybridized carbons (Fsp3) is 0.143. The van der Waals surface area contributed by atoms with Crippen molar-refractivity contribution in [3.05, 3.63) is 64.6 Å². The van der Waals surface area contributed by atoms with E-state index >= 15 is 0 Å². The van der Waals surface area contributed by atoms with E-state index in [-0.39, 0.29) is 0 Å². The molecule has 0 amide bonds. The van der Waals surface area contributed by atoms with Crippen LogP contribution in [0.4, 0.5) is 0 Å². The summed E-state index contributed by atoms with van der Waals surface area (Å²) in [5, 5.41) is 0. The first kappa shape index (κ1) is 11.2. The highest BCUT2D eigenvalue weighted by atomic mass is 79.9. The average molecular weight is 277 g/mol. The van der Waals surface area contributed by atoms with E-state index in [4.69, 9.17) is 4.74 Å². The van der Waals surface area contributed by atoms with E-state index < -0.39 is 0 Å². The van der Waals surface area contributed by atoms with Crippen molar-refractivity contribution in [3.63, 3.8) is 0 Å². The third kappa shape index (κ3) is 3.11. The lowest BCUT2D eigenvalue weighted by Gasteiger charge is -2.07. The molecule has 0 atom stereocenters. The van der Waals surface area contributed by atoms with Gasteiger partial charge in [-0.25, -0.2) is 0 Å². The Morgan fingerprint density at radius 3 is 2.31 bits per heavy atom. The number of ether oxygens (including phenoxy) is 1. The Morgan fingerprint density at radius 2 is 1.56 bits per heavy atom. The number of benzene rings is 2. The normalized spacial score (nSPS) is 10.1. The molecule has 0 saturated carbocycles. The van der Waals surface area contributed by atoms with Crippen molar-refractivity contribution in [2.45, 2.75) is 6.42 Å². The largest absolute Gasteiger partial charge is 0.492 e. The zero-order valence-corrected chi connectivity index (χ0v) is 10.5. The summed E-state index contributed by atoms with van der Waals surface area (Å²) in [6.07, 6.45) is 0.933. The van der Waals surface area contributed by atoms with Crippen LogP contribution in [0.3, 0.4) is 0 Å². The minimum atomic E-state index is 0.701. The maximum Gasteiger partial charge on any atom is 0.133 e. The van der Waals surface area contributed by atoms with Crippen LogP contribution in [0.25, 0.3) is 0 Å². The maximum atomic E-state index is 5.69. The Labute approximate surface area is 104 Å². The Hall–Kier alpha value is -1.28. The van der Waals surface area contributed by atoms with Crippen LogP contribution in [0.15, 0.2) is 59.1 Å². The molecule has 0 aliphatic carbocycles. The monoisotopic (exact) mass is 276 g/mol. The molecule has 2 heteroatoms. The smallest absolute Gasteiger partial charge is 0.133 e. The minimum absolute atomic E-state index is 0.701. The zero-order chi connectivity index (χ0) is 11.2. The summed E-state index contributed by atoms with van der Waals surface area (Å²) in [5.74, 6) is 0.901. The zero-order valence-electron chi connectivity index (χ0n) is 8.90. The molecule has 0 fully saturated rings. The van der Waals surface area contributed by atoms with Gasteiger partial charge in [-0.15, -0.1) is 0 Å². The number of para-hydroxylation sites is 1. The van der Waals surface area contributed by atoms with Crippen LogP contribution in [0, 0.1) is 0 Å². The standard InChI is InChI=1S/C14H13BrO/c15-13-8-4-5-9-14(13)16-11-10-12-6-2-1-3-7-12/h1-9H,10-11H2. The molecule has 0 aliphatic heterocycles. The Balaban J connectivity index is 1.87. The van der Waals surface area contributed by atoms with Crippen molar-refractivity contribution in [1.82, 2.24) is 0 Å². The molecule has 1 nitrogen and oxygen atoms in total. The second-order valence-electron chi connectivity index (χ2n) is 3.51. The summed E-state index contributed by atoms with van der Waals surface area (Å²) in [4.78, 5) is 0. The van der Waals surface area contributed by atoms with Gasteiger partial charge >= 0.3 is 0 Å². The number of rotatable bonds is 4. The van der Waals surface area contributed by atoms with Crippen LogP contribution in [-0.4, -0.2) is 6.61 Å². The van der Waals surface area contributed by atoms with E-state index in [0.29, 0.717) is 6.61 Å². The molecule has 16 heavy (non-hydrogen) atoms. The van der Waals surface area contributed by atoms with Crippen LogP contribution in [-0.2, 0) is 6.42 Å². The topological polar surface area (TPSA) is 9.23 Å². The summed E-state index contributed by atoms with van der Waals surface area (Å²) < 4.78 is 6.70. The van der Waals surface area contributed by atoms with Crippen LogP contribution in [0.2, 0.25) is 0 Å². The molecule has 2 aromatic carbocycles. The van der Waals surface area contributed by atoms with Gasteiger partial charge in [-0.05, 0) is 33.6 Å². The number of hydrogen-bond donors (Lipinski definition) is 0. The Bertz CT molecular complexity index is 439. The number of halogens is 1. The first-order valence-electron chi connectivity index (χ1n) is 5.27. The lowest BCUT2D eigenvalue weighted by atomic mass is 10.2. The highest BCUT2D eigenvalue weighted by molar-refractivity contribution is 9.10. The highest BCUT2D eigenvalue weighted by Crippen LogP contribution is 2.23. The van der Waals surface area contributed by atoms with Gasteiger partial charge in [0.2, 0.25) is 0 Å². The second-order valence-corrected chi connectivity index (χ2v) is 4.37. The van der Waals surface area contributed by atoms with Crippen molar-refractivity contribution in [2.75, 3.05) is 6.61 Å². The van der Waals surface area contributed by atoms with Crippen LogP contribution in [0.5, 0.6) is 5.75 Å². The third-order valence-electron chi connectivity index (χ3n) is 2.33. The SMILES string of the molecule is Brc1ccccc1OCCc1ccccc1. The summed E-state index contributed by atoms with van der Waals surface area (Å²) in [7, 11) is 0. The Kier molecular flexibility index (Phi) is 4.00. The van der Waals surface area contributed by atoms with Crippen molar-refractivity contribution in [1.29, 1.82) is 0 Å². The average Bonchev–Trinajstić information content (AvgIpc) is 2.33. The van der Waals surface area contributed by atoms with Crippen molar-refractivity contribution < 1.29 is 4.74 Å². The lowest BCUT2D eigenvalue weighted by molar-refractivity contribution is 0.320. The third-order valence-corrected chi connectivity index (χ3v) is 2.98. The second kappa shape index (κ2) is 5.71. The first-order valence-corrected chi connectivity index (χ1v) is 6.07. The van der Waals surface area contributed by atoms with E-state index in [1.807, 2.05) is 42.5 Å². The molecule has 0 saturated heterocycles. The molecular weight excluding hydrogens is 264 g/mol. The predicted octanol–water partition coefficient (Wildman–Crippen LogP) is 4.07. The summed E-state index contributed by atoms with van der Waals surface area (Å²) >= 11 is 3.46. The first-order chi connectivity index (χ1) is 7.86. The van der Waals surface area contributed by atoms with E-state index in [2.05, 4.69) is 28.1 Å². The van der Waals surface area contributed by atoms with E-state index in [9.17, 15) is 0 Å². The van der Waals surface area contributed by atoms with E-state index in [0.717, 1.165) is 16.6 Å². The van der Waals surface area contributed by atoms with Crippen molar-refractivity contribution in [2.24, 2.45) is 0 Å². The van der Waals surface area contributed by atoms with Gasteiger partial charge < -0.3 is 4.74 Å². The summed E-state index contributed by atoms with van der Waals surface area (Å²) in [5.41, 5.74) is 1.30. The number of hydrogen-bond acceptors (Lipinski definition) is 1. The molecule has 0 aromatic heterocycles. The Morgan fingerprint density at radius 1 is 0.875 bits per heavy atom. The molecular formula is C14H13BrO. The van der Waals surface area contributed by atoms with Crippen LogP contribution in [0.1, 0.15) is 5.56 Å². The quantitative estimate of drug-likeness (QED) is 0.818. The molecule has 0 N–H and O–H groups in total.